The molecule has 2 rings (SSSR count). The molecule has 0 saturated heterocycles. The monoisotopic (exact) mass is 401 g/mol. The van der Waals surface area contributed by atoms with Crippen molar-refractivity contribution in [3.63, 3.8) is 0 Å². The highest BCUT2D eigenvalue weighted by atomic mass is 79.9. The normalized spacial score (nSPS) is 10.3. The minimum atomic E-state index is -0.209. The fourth-order valence-corrected chi connectivity index (χ4v) is 2.65. The molecule has 2 aromatic carbocycles. The quantitative estimate of drug-likeness (QED) is 0.712. The van der Waals surface area contributed by atoms with Crippen LogP contribution in [0, 0.1) is 6.92 Å². The highest BCUT2D eigenvalue weighted by molar-refractivity contribution is 9.11. The summed E-state index contributed by atoms with van der Waals surface area (Å²) >= 11 is 12.8. The number of carbonyl (C=O) groups excluding carboxylic acids is 1. The van der Waals surface area contributed by atoms with Crippen molar-refractivity contribution < 1.29 is 4.79 Å². The Morgan fingerprint density at radius 3 is 2.58 bits per heavy atom. The van der Waals surface area contributed by atoms with Gasteiger partial charge in [0.15, 0.2) is 0 Å². The van der Waals surface area contributed by atoms with Crippen molar-refractivity contribution in [1.29, 1.82) is 0 Å². The van der Waals surface area contributed by atoms with Crippen LogP contribution in [0.25, 0.3) is 0 Å². The number of carbonyl (C=O) groups is 1. The topological polar surface area (TPSA) is 29.1 Å². The van der Waals surface area contributed by atoms with Crippen LogP contribution in [0.5, 0.6) is 0 Å². The number of hydrogen-bond acceptors (Lipinski definition) is 1. The fourth-order valence-electron chi connectivity index (χ4n) is 1.58. The van der Waals surface area contributed by atoms with Crippen molar-refractivity contribution >= 4 is 55.1 Å². The zero-order chi connectivity index (χ0) is 14.0. The molecule has 0 aliphatic rings. The van der Waals surface area contributed by atoms with E-state index in [2.05, 4.69) is 37.2 Å². The number of hydrogen-bond donors (Lipinski definition) is 1. The summed E-state index contributed by atoms with van der Waals surface area (Å²) in [6.45, 7) is 1.95. The van der Waals surface area contributed by atoms with E-state index in [0.717, 1.165) is 14.5 Å². The van der Waals surface area contributed by atoms with Gasteiger partial charge in [0, 0.05) is 8.95 Å². The zero-order valence-electron chi connectivity index (χ0n) is 10.0. The Bertz CT molecular complexity index is 643. The average molecular weight is 404 g/mol. The molecule has 0 unspecified atom stereocenters. The molecule has 0 aliphatic heterocycles. The molecule has 2 aromatic rings. The predicted molar refractivity (Wildman–Crippen MR) is 86.0 cm³/mol. The number of aryl methyl sites for hydroxylation is 1. The zero-order valence-corrected chi connectivity index (χ0v) is 13.9. The van der Waals surface area contributed by atoms with Crippen LogP contribution in [0.2, 0.25) is 5.02 Å². The van der Waals surface area contributed by atoms with Crippen molar-refractivity contribution in [2.24, 2.45) is 0 Å². The minimum absolute atomic E-state index is 0.209. The Balaban J connectivity index is 2.28. The number of amides is 1. The van der Waals surface area contributed by atoms with E-state index in [9.17, 15) is 4.79 Å². The molecular formula is C14H10Br2ClNO. The SMILES string of the molecule is Cc1ccc(NC(=O)c2cc(Br)ccc2Br)c(Cl)c1. The molecule has 0 fully saturated rings. The number of nitrogens with one attached hydrogen (secondary N) is 1. The molecule has 19 heavy (non-hydrogen) atoms. The van der Waals surface area contributed by atoms with Gasteiger partial charge in [-0.2, -0.15) is 0 Å². The van der Waals surface area contributed by atoms with Gasteiger partial charge >= 0.3 is 0 Å². The van der Waals surface area contributed by atoms with E-state index in [1.54, 1.807) is 12.1 Å². The van der Waals surface area contributed by atoms with Gasteiger partial charge in [0.2, 0.25) is 0 Å². The van der Waals surface area contributed by atoms with Crippen molar-refractivity contribution in [3.8, 4) is 0 Å². The molecule has 98 valence electrons. The standard InChI is InChI=1S/C14H10Br2ClNO/c1-8-2-5-13(12(17)6-8)18-14(19)10-7-9(15)3-4-11(10)16/h2-7H,1H3,(H,18,19). The van der Waals surface area contributed by atoms with Gasteiger partial charge in [0.05, 0.1) is 16.3 Å². The molecule has 0 spiro atoms. The van der Waals surface area contributed by atoms with Crippen LogP contribution in [0.4, 0.5) is 5.69 Å². The van der Waals surface area contributed by atoms with Crippen molar-refractivity contribution in [2.75, 3.05) is 5.32 Å². The summed E-state index contributed by atoms with van der Waals surface area (Å²) in [6, 6.07) is 10.9. The van der Waals surface area contributed by atoms with E-state index in [-0.39, 0.29) is 5.91 Å². The first-order valence-corrected chi connectivity index (χ1v) is 7.46. The highest BCUT2D eigenvalue weighted by Gasteiger charge is 2.12. The Hall–Kier alpha value is -0.840. The molecule has 1 N–H and O–H groups in total. The van der Waals surface area contributed by atoms with Crippen LogP contribution in [0.3, 0.4) is 0 Å². The Morgan fingerprint density at radius 2 is 1.89 bits per heavy atom. The van der Waals surface area contributed by atoms with E-state index in [0.29, 0.717) is 16.3 Å². The maximum atomic E-state index is 12.2. The minimum Gasteiger partial charge on any atom is -0.321 e. The Kier molecular flexibility index (Phi) is 4.66. The number of rotatable bonds is 2. The Morgan fingerprint density at radius 1 is 1.16 bits per heavy atom. The smallest absolute Gasteiger partial charge is 0.256 e. The molecule has 2 nitrogen and oxygen atoms in total. The molecular weight excluding hydrogens is 393 g/mol. The van der Waals surface area contributed by atoms with Gasteiger partial charge in [-0.15, -0.1) is 0 Å². The lowest BCUT2D eigenvalue weighted by Gasteiger charge is -2.09. The van der Waals surface area contributed by atoms with Gasteiger partial charge in [-0.3, -0.25) is 4.79 Å². The van der Waals surface area contributed by atoms with Crippen LogP contribution in [-0.2, 0) is 0 Å². The molecule has 0 aromatic heterocycles. The number of halogens is 3. The van der Waals surface area contributed by atoms with Gasteiger partial charge in [-0.25, -0.2) is 0 Å². The predicted octanol–water partition coefficient (Wildman–Crippen LogP) is 5.43. The molecule has 1 amide bonds. The largest absolute Gasteiger partial charge is 0.321 e. The van der Waals surface area contributed by atoms with Crippen LogP contribution in [-0.4, -0.2) is 5.91 Å². The second-order valence-corrected chi connectivity index (χ2v) is 6.24. The van der Waals surface area contributed by atoms with Gasteiger partial charge < -0.3 is 5.32 Å². The summed E-state index contributed by atoms with van der Waals surface area (Å²) < 4.78 is 1.58. The molecule has 0 radical (unpaired) electrons. The van der Waals surface area contributed by atoms with Gasteiger partial charge in [0.1, 0.15) is 0 Å². The summed E-state index contributed by atoms with van der Waals surface area (Å²) in [5, 5.41) is 3.33. The first kappa shape index (κ1) is 14.6. The number of anilines is 1. The van der Waals surface area contributed by atoms with E-state index in [1.165, 1.54) is 0 Å². The van der Waals surface area contributed by atoms with Gasteiger partial charge in [0.25, 0.3) is 5.91 Å². The van der Waals surface area contributed by atoms with Crippen molar-refractivity contribution in [3.05, 3.63) is 61.5 Å². The maximum Gasteiger partial charge on any atom is 0.256 e. The van der Waals surface area contributed by atoms with Gasteiger partial charge in [-0.05, 0) is 58.7 Å². The first-order valence-electron chi connectivity index (χ1n) is 5.50. The molecule has 0 heterocycles. The lowest BCUT2D eigenvalue weighted by molar-refractivity contribution is 0.102. The summed E-state index contributed by atoms with van der Waals surface area (Å²) in [5.74, 6) is -0.209. The molecule has 0 saturated carbocycles. The first-order chi connectivity index (χ1) is 8.97. The molecule has 0 aliphatic carbocycles. The summed E-state index contributed by atoms with van der Waals surface area (Å²) in [7, 11) is 0. The van der Waals surface area contributed by atoms with E-state index in [1.807, 2.05) is 31.2 Å². The lowest BCUT2D eigenvalue weighted by atomic mass is 10.2. The van der Waals surface area contributed by atoms with E-state index >= 15 is 0 Å². The maximum absolute atomic E-state index is 12.2. The highest BCUT2D eigenvalue weighted by Crippen LogP contribution is 2.26. The molecule has 0 atom stereocenters. The van der Waals surface area contributed by atoms with E-state index < -0.39 is 0 Å². The van der Waals surface area contributed by atoms with Crippen LogP contribution in [0.1, 0.15) is 15.9 Å². The third-order valence-electron chi connectivity index (χ3n) is 2.55. The number of benzene rings is 2. The van der Waals surface area contributed by atoms with Gasteiger partial charge in [-0.1, -0.05) is 33.6 Å². The summed E-state index contributed by atoms with van der Waals surface area (Å²) in [5.41, 5.74) is 2.20. The molecule has 0 bridgehead atoms. The Labute approximate surface area is 133 Å². The average Bonchev–Trinajstić information content (AvgIpc) is 2.35. The van der Waals surface area contributed by atoms with Crippen LogP contribution in [0.15, 0.2) is 45.3 Å². The third kappa shape index (κ3) is 3.59. The van der Waals surface area contributed by atoms with Crippen LogP contribution >= 0.6 is 43.5 Å². The lowest BCUT2D eigenvalue weighted by Crippen LogP contribution is -2.13. The summed E-state index contributed by atoms with van der Waals surface area (Å²) in [6.07, 6.45) is 0. The fraction of sp³-hybridized carbons (Fsp3) is 0.0714. The van der Waals surface area contributed by atoms with Crippen LogP contribution < -0.4 is 5.32 Å². The third-order valence-corrected chi connectivity index (χ3v) is 4.04. The van der Waals surface area contributed by atoms with Crippen molar-refractivity contribution in [2.45, 2.75) is 6.92 Å². The summed E-state index contributed by atoms with van der Waals surface area (Å²) in [4.78, 5) is 12.2. The molecule has 5 heteroatoms. The second-order valence-electron chi connectivity index (χ2n) is 4.06. The second kappa shape index (κ2) is 6.07. The van der Waals surface area contributed by atoms with Crippen molar-refractivity contribution in [1.82, 2.24) is 0 Å². The van der Waals surface area contributed by atoms with E-state index in [4.69, 9.17) is 11.6 Å².